The summed E-state index contributed by atoms with van der Waals surface area (Å²) in [5.41, 5.74) is 0.728. The average molecular weight is 408 g/mol. The zero-order valence-electron chi connectivity index (χ0n) is 14.6. The normalized spacial score (nSPS) is 11.4. The average Bonchev–Trinajstić information content (AvgIpc) is 3.18. The largest absolute Gasteiger partial charge is 0.354 e. The van der Waals surface area contributed by atoms with Crippen molar-refractivity contribution in [2.75, 3.05) is 19.6 Å². The number of sulfonamides is 1. The maximum Gasteiger partial charge on any atom is 0.239 e. The van der Waals surface area contributed by atoms with Crippen molar-refractivity contribution in [1.82, 2.24) is 15.4 Å². The molecule has 1 aromatic heterocycles. The molecule has 0 atom stereocenters. The Hall–Kier alpha value is -2.49. The molecule has 0 aliphatic carbocycles. The topological polar surface area (TPSA) is 104 Å². The van der Waals surface area contributed by atoms with Crippen LogP contribution in [0.5, 0.6) is 0 Å². The molecule has 1 aromatic carbocycles. The van der Waals surface area contributed by atoms with Crippen LogP contribution in [0.3, 0.4) is 0 Å². The summed E-state index contributed by atoms with van der Waals surface area (Å²) < 4.78 is 25.8. The summed E-state index contributed by atoms with van der Waals surface area (Å²) in [6, 6.07) is 12.9. The summed E-state index contributed by atoms with van der Waals surface area (Å²) in [6.45, 7) is -0.166. The molecular weight excluding hydrogens is 386 g/mol. The lowest BCUT2D eigenvalue weighted by Gasteiger charge is -2.07. The maximum absolute atomic E-state index is 11.8. The molecule has 0 bridgehead atoms. The molecule has 0 unspecified atom stereocenters. The van der Waals surface area contributed by atoms with Crippen LogP contribution in [0.2, 0.25) is 0 Å². The van der Waals surface area contributed by atoms with Gasteiger partial charge in [-0.3, -0.25) is 9.59 Å². The van der Waals surface area contributed by atoms with Crippen LogP contribution in [0.25, 0.3) is 6.08 Å². The zero-order valence-corrected chi connectivity index (χ0v) is 16.2. The molecule has 0 spiro atoms. The molecule has 3 N–H and O–H groups in total. The second kappa shape index (κ2) is 10.6. The SMILES string of the molecule is O=C(CNC(=O)CNS(=O)(=O)/C=C/c1ccccc1)NCCc1cccs1. The highest BCUT2D eigenvalue weighted by atomic mass is 32.2. The molecule has 144 valence electrons. The van der Waals surface area contributed by atoms with Crippen molar-refractivity contribution in [3.8, 4) is 0 Å². The number of hydrogen-bond acceptors (Lipinski definition) is 5. The number of carbonyl (C=O) groups excluding carboxylic acids is 2. The minimum absolute atomic E-state index is 0.204. The summed E-state index contributed by atoms with van der Waals surface area (Å²) in [5.74, 6) is -0.910. The first-order chi connectivity index (χ1) is 12.9. The Kier molecular flexibility index (Phi) is 8.18. The molecule has 9 heteroatoms. The number of carbonyl (C=O) groups is 2. The van der Waals surface area contributed by atoms with E-state index in [2.05, 4.69) is 15.4 Å². The van der Waals surface area contributed by atoms with Crippen LogP contribution in [0.15, 0.2) is 53.3 Å². The van der Waals surface area contributed by atoms with Crippen molar-refractivity contribution < 1.29 is 18.0 Å². The van der Waals surface area contributed by atoms with Gasteiger partial charge in [-0.1, -0.05) is 36.4 Å². The van der Waals surface area contributed by atoms with Crippen LogP contribution >= 0.6 is 11.3 Å². The number of thiophene rings is 1. The molecule has 0 aliphatic rings. The summed E-state index contributed by atoms with van der Waals surface area (Å²) in [4.78, 5) is 24.5. The lowest BCUT2D eigenvalue weighted by Crippen LogP contribution is -2.42. The van der Waals surface area contributed by atoms with E-state index in [-0.39, 0.29) is 12.5 Å². The minimum Gasteiger partial charge on any atom is -0.354 e. The quantitative estimate of drug-likeness (QED) is 0.549. The Labute approximate surface area is 162 Å². The Balaban J connectivity index is 1.64. The monoisotopic (exact) mass is 407 g/mol. The van der Waals surface area contributed by atoms with Crippen LogP contribution in [0.4, 0.5) is 0 Å². The van der Waals surface area contributed by atoms with E-state index in [4.69, 9.17) is 0 Å². The number of benzene rings is 1. The van der Waals surface area contributed by atoms with Gasteiger partial charge < -0.3 is 10.6 Å². The van der Waals surface area contributed by atoms with Gasteiger partial charge in [0, 0.05) is 16.8 Å². The van der Waals surface area contributed by atoms with Gasteiger partial charge in [0.05, 0.1) is 13.1 Å². The van der Waals surface area contributed by atoms with Gasteiger partial charge in [-0.2, -0.15) is 0 Å². The van der Waals surface area contributed by atoms with E-state index in [9.17, 15) is 18.0 Å². The van der Waals surface area contributed by atoms with E-state index in [1.807, 2.05) is 23.6 Å². The van der Waals surface area contributed by atoms with Gasteiger partial charge in [-0.05, 0) is 29.5 Å². The van der Waals surface area contributed by atoms with Gasteiger partial charge in [-0.15, -0.1) is 11.3 Å². The summed E-state index contributed by atoms with van der Waals surface area (Å²) in [5, 5.41) is 8.02. The second-order valence-electron chi connectivity index (χ2n) is 5.54. The Bertz CT molecular complexity index is 863. The van der Waals surface area contributed by atoms with Crippen LogP contribution in [-0.2, 0) is 26.0 Å². The Morgan fingerprint density at radius 2 is 1.70 bits per heavy atom. The second-order valence-corrected chi connectivity index (χ2v) is 8.22. The van der Waals surface area contributed by atoms with Crippen molar-refractivity contribution >= 4 is 39.3 Å². The van der Waals surface area contributed by atoms with E-state index in [0.29, 0.717) is 6.54 Å². The van der Waals surface area contributed by atoms with Crippen molar-refractivity contribution in [2.45, 2.75) is 6.42 Å². The molecular formula is C18H21N3O4S2. The highest BCUT2D eigenvalue weighted by Crippen LogP contribution is 2.07. The highest BCUT2D eigenvalue weighted by molar-refractivity contribution is 7.92. The first-order valence-electron chi connectivity index (χ1n) is 8.23. The van der Waals surface area contributed by atoms with E-state index in [1.54, 1.807) is 35.6 Å². The third-order valence-electron chi connectivity index (χ3n) is 3.39. The molecule has 1 heterocycles. The van der Waals surface area contributed by atoms with Crippen LogP contribution in [-0.4, -0.2) is 39.9 Å². The van der Waals surface area contributed by atoms with Gasteiger partial charge >= 0.3 is 0 Å². The highest BCUT2D eigenvalue weighted by Gasteiger charge is 2.10. The molecule has 0 radical (unpaired) electrons. The van der Waals surface area contributed by atoms with Crippen molar-refractivity contribution in [2.24, 2.45) is 0 Å². The number of amides is 2. The first-order valence-corrected chi connectivity index (χ1v) is 10.7. The lowest BCUT2D eigenvalue weighted by molar-refractivity contribution is -0.125. The van der Waals surface area contributed by atoms with Crippen molar-refractivity contribution in [1.29, 1.82) is 0 Å². The van der Waals surface area contributed by atoms with Gasteiger partial charge in [0.2, 0.25) is 21.8 Å². The molecule has 2 aromatic rings. The third kappa shape index (κ3) is 8.63. The zero-order chi connectivity index (χ0) is 19.5. The maximum atomic E-state index is 11.8. The molecule has 0 aliphatic heterocycles. The third-order valence-corrected chi connectivity index (χ3v) is 5.37. The lowest BCUT2D eigenvalue weighted by atomic mass is 10.2. The molecule has 2 rings (SSSR count). The van der Waals surface area contributed by atoms with Crippen LogP contribution in [0, 0.1) is 0 Å². The van der Waals surface area contributed by atoms with E-state index in [0.717, 1.165) is 22.3 Å². The van der Waals surface area contributed by atoms with Crippen molar-refractivity contribution in [3.05, 3.63) is 63.7 Å². The fourth-order valence-electron chi connectivity index (χ4n) is 2.03. The summed E-state index contributed by atoms with van der Waals surface area (Å²) in [6.07, 6.45) is 2.16. The molecule has 2 amide bonds. The van der Waals surface area contributed by atoms with Gasteiger partial charge in [0.15, 0.2) is 0 Å². The molecule has 0 saturated heterocycles. The van der Waals surface area contributed by atoms with Crippen molar-refractivity contribution in [3.63, 3.8) is 0 Å². The molecule has 7 nitrogen and oxygen atoms in total. The number of rotatable bonds is 10. The fraction of sp³-hybridized carbons (Fsp3) is 0.222. The Morgan fingerprint density at radius 1 is 0.963 bits per heavy atom. The Morgan fingerprint density at radius 3 is 2.41 bits per heavy atom. The van der Waals surface area contributed by atoms with Crippen LogP contribution < -0.4 is 15.4 Å². The number of nitrogens with one attached hydrogen (secondary N) is 3. The van der Waals surface area contributed by atoms with Crippen LogP contribution in [0.1, 0.15) is 10.4 Å². The van der Waals surface area contributed by atoms with E-state index >= 15 is 0 Å². The first kappa shape index (κ1) is 20.8. The number of hydrogen-bond donors (Lipinski definition) is 3. The van der Waals surface area contributed by atoms with Gasteiger partial charge in [0.1, 0.15) is 0 Å². The predicted octanol–water partition coefficient (Wildman–Crippen LogP) is 1.11. The minimum atomic E-state index is -3.74. The summed E-state index contributed by atoms with van der Waals surface area (Å²) >= 11 is 1.61. The van der Waals surface area contributed by atoms with E-state index in [1.165, 1.54) is 6.08 Å². The smallest absolute Gasteiger partial charge is 0.239 e. The fourth-order valence-corrected chi connectivity index (χ4v) is 3.50. The molecule has 0 saturated carbocycles. The van der Waals surface area contributed by atoms with Gasteiger partial charge in [0.25, 0.3) is 0 Å². The predicted molar refractivity (Wildman–Crippen MR) is 106 cm³/mol. The standard InChI is InChI=1S/C18H21N3O4S2/c22-17(19-10-8-16-7-4-11-26-16)13-20-18(23)14-21-27(24,25)12-9-15-5-2-1-3-6-15/h1-7,9,11-12,21H,8,10,13-14H2,(H,19,22)(H,20,23)/b12-9+. The molecule has 27 heavy (non-hydrogen) atoms. The summed E-state index contributed by atoms with van der Waals surface area (Å²) in [7, 11) is -3.74. The molecule has 0 fully saturated rings. The van der Waals surface area contributed by atoms with E-state index < -0.39 is 22.5 Å². The van der Waals surface area contributed by atoms with Gasteiger partial charge in [-0.25, -0.2) is 13.1 Å².